The summed E-state index contributed by atoms with van der Waals surface area (Å²) in [4.78, 5) is 12.2. The highest BCUT2D eigenvalue weighted by Crippen LogP contribution is 2.41. The Kier molecular flexibility index (Phi) is 3.84. The Morgan fingerprint density at radius 2 is 1.91 bits per heavy atom. The first kappa shape index (κ1) is 15.3. The van der Waals surface area contributed by atoms with Crippen LogP contribution in [0.2, 0.25) is 0 Å². The highest BCUT2D eigenvalue weighted by Gasteiger charge is 2.40. The van der Waals surface area contributed by atoms with Gasteiger partial charge in [-0.15, -0.1) is 0 Å². The molecule has 1 heterocycles. The van der Waals surface area contributed by atoms with Gasteiger partial charge in [0, 0.05) is 6.04 Å². The number of carbonyl (C=O) groups is 1. The van der Waals surface area contributed by atoms with E-state index in [0.717, 1.165) is 24.8 Å². The zero-order valence-corrected chi connectivity index (χ0v) is 13.0. The summed E-state index contributed by atoms with van der Waals surface area (Å²) in [5, 5.41) is 5.69. The van der Waals surface area contributed by atoms with Crippen molar-refractivity contribution in [3.63, 3.8) is 0 Å². The molecule has 1 aliphatic carbocycles. The van der Waals surface area contributed by atoms with Crippen molar-refractivity contribution in [2.75, 3.05) is 11.5 Å². The van der Waals surface area contributed by atoms with Crippen molar-refractivity contribution in [1.29, 1.82) is 0 Å². The van der Waals surface area contributed by atoms with Gasteiger partial charge in [-0.3, -0.25) is 0 Å². The summed E-state index contributed by atoms with van der Waals surface area (Å²) >= 11 is 0. The van der Waals surface area contributed by atoms with E-state index in [4.69, 9.17) is 0 Å². The standard InChI is InChI=1S/C15H19FN2O3S/c16-12-4-2-11(3-5-12)15(7-1-8-15)18-14(19)17-13-6-9-22(20,21)10-13/h2-5,13H,1,6-10H2,(H2,17,18,19)/t13-/m0/s1. The van der Waals surface area contributed by atoms with Gasteiger partial charge >= 0.3 is 6.03 Å². The zero-order valence-electron chi connectivity index (χ0n) is 12.1. The van der Waals surface area contributed by atoms with E-state index >= 15 is 0 Å². The van der Waals surface area contributed by atoms with Crippen LogP contribution in [0.25, 0.3) is 0 Å². The maximum absolute atomic E-state index is 13.0. The van der Waals surface area contributed by atoms with Gasteiger partial charge in [0.1, 0.15) is 5.82 Å². The van der Waals surface area contributed by atoms with E-state index in [1.165, 1.54) is 12.1 Å². The van der Waals surface area contributed by atoms with Gasteiger partial charge in [-0.1, -0.05) is 12.1 Å². The molecule has 0 unspecified atom stereocenters. The molecule has 3 rings (SSSR count). The molecule has 1 aromatic rings. The largest absolute Gasteiger partial charge is 0.334 e. The molecular formula is C15H19FN2O3S. The fraction of sp³-hybridized carbons (Fsp3) is 0.533. The Bertz CT molecular complexity index is 669. The predicted octanol–water partition coefficient (Wildman–Crippen LogP) is 1.69. The van der Waals surface area contributed by atoms with Crippen LogP contribution in [0.4, 0.5) is 9.18 Å². The number of benzene rings is 1. The first-order valence-corrected chi connectivity index (χ1v) is 9.26. The summed E-state index contributed by atoms with van der Waals surface area (Å²) < 4.78 is 35.9. The highest BCUT2D eigenvalue weighted by atomic mass is 32.2. The summed E-state index contributed by atoms with van der Waals surface area (Å²) in [6, 6.07) is 5.47. The van der Waals surface area contributed by atoms with Crippen molar-refractivity contribution >= 4 is 15.9 Å². The fourth-order valence-electron chi connectivity index (χ4n) is 3.13. The molecule has 0 spiro atoms. The lowest BCUT2D eigenvalue weighted by atomic mass is 9.72. The summed E-state index contributed by atoms with van der Waals surface area (Å²) in [5.74, 6) is -0.177. The Balaban J connectivity index is 1.65. The van der Waals surface area contributed by atoms with E-state index in [1.807, 2.05) is 0 Å². The monoisotopic (exact) mass is 326 g/mol. The molecule has 1 aromatic carbocycles. The van der Waals surface area contributed by atoms with Gasteiger partial charge in [0.25, 0.3) is 0 Å². The molecule has 2 fully saturated rings. The van der Waals surface area contributed by atoms with Crippen LogP contribution in [-0.2, 0) is 15.4 Å². The Hall–Kier alpha value is -1.63. The van der Waals surface area contributed by atoms with Gasteiger partial charge in [-0.2, -0.15) is 0 Å². The topological polar surface area (TPSA) is 75.3 Å². The fourth-order valence-corrected chi connectivity index (χ4v) is 4.81. The minimum Gasteiger partial charge on any atom is -0.334 e. The molecule has 0 bridgehead atoms. The third-order valence-corrected chi connectivity index (χ3v) is 6.29. The summed E-state index contributed by atoms with van der Waals surface area (Å²) in [7, 11) is -3.02. The molecule has 1 atom stereocenters. The summed E-state index contributed by atoms with van der Waals surface area (Å²) in [6.07, 6.45) is 3.05. The molecule has 2 aliphatic rings. The predicted molar refractivity (Wildman–Crippen MR) is 80.7 cm³/mol. The van der Waals surface area contributed by atoms with Crippen molar-refractivity contribution in [2.45, 2.75) is 37.3 Å². The van der Waals surface area contributed by atoms with Gasteiger partial charge in [-0.25, -0.2) is 17.6 Å². The second-order valence-electron chi connectivity index (χ2n) is 6.14. The number of carbonyl (C=O) groups excluding carboxylic acids is 1. The number of rotatable bonds is 3. The number of urea groups is 1. The second-order valence-corrected chi connectivity index (χ2v) is 8.37. The zero-order chi connectivity index (χ0) is 15.8. The number of hydrogen-bond donors (Lipinski definition) is 2. The van der Waals surface area contributed by atoms with Gasteiger partial charge < -0.3 is 10.6 Å². The Labute approximate surface area is 129 Å². The van der Waals surface area contributed by atoms with Gasteiger partial charge in [0.05, 0.1) is 17.0 Å². The molecule has 2 N–H and O–H groups in total. The molecule has 1 aliphatic heterocycles. The van der Waals surface area contributed by atoms with E-state index in [2.05, 4.69) is 10.6 Å². The number of hydrogen-bond acceptors (Lipinski definition) is 3. The van der Waals surface area contributed by atoms with Crippen molar-refractivity contribution in [1.82, 2.24) is 10.6 Å². The first-order chi connectivity index (χ1) is 10.4. The number of halogens is 1. The van der Waals surface area contributed by atoms with Crippen molar-refractivity contribution < 1.29 is 17.6 Å². The van der Waals surface area contributed by atoms with Crippen LogP contribution in [0.15, 0.2) is 24.3 Å². The molecule has 7 heteroatoms. The van der Waals surface area contributed by atoms with Crippen LogP contribution in [0.1, 0.15) is 31.2 Å². The molecule has 2 amide bonds. The molecule has 22 heavy (non-hydrogen) atoms. The molecule has 0 radical (unpaired) electrons. The Morgan fingerprint density at radius 3 is 2.41 bits per heavy atom. The van der Waals surface area contributed by atoms with Crippen LogP contribution in [-0.4, -0.2) is 32.0 Å². The first-order valence-electron chi connectivity index (χ1n) is 7.44. The van der Waals surface area contributed by atoms with Crippen LogP contribution in [0.5, 0.6) is 0 Å². The molecule has 1 saturated heterocycles. The average Bonchev–Trinajstić information content (AvgIpc) is 2.74. The highest BCUT2D eigenvalue weighted by molar-refractivity contribution is 7.91. The maximum Gasteiger partial charge on any atom is 0.315 e. The van der Waals surface area contributed by atoms with Gasteiger partial charge in [-0.05, 0) is 43.4 Å². The van der Waals surface area contributed by atoms with Crippen molar-refractivity contribution in [2.24, 2.45) is 0 Å². The van der Waals surface area contributed by atoms with E-state index in [1.54, 1.807) is 12.1 Å². The number of sulfone groups is 1. The van der Waals surface area contributed by atoms with E-state index < -0.39 is 15.4 Å². The SMILES string of the molecule is O=C(N[C@H]1CCS(=O)(=O)C1)NC1(c2ccc(F)cc2)CCC1. The maximum atomic E-state index is 13.0. The van der Waals surface area contributed by atoms with Crippen molar-refractivity contribution in [3.05, 3.63) is 35.6 Å². The van der Waals surface area contributed by atoms with Crippen LogP contribution < -0.4 is 10.6 Å². The number of amides is 2. The molecule has 0 aromatic heterocycles. The molecule has 120 valence electrons. The average molecular weight is 326 g/mol. The van der Waals surface area contributed by atoms with Crippen LogP contribution in [0.3, 0.4) is 0 Å². The molecule has 5 nitrogen and oxygen atoms in total. The van der Waals surface area contributed by atoms with E-state index in [-0.39, 0.29) is 29.4 Å². The third-order valence-electron chi connectivity index (χ3n) is 4.52. The second kappa shape index (κ2) is 5.53. The lowest BCUT2D eigenvalue weighted by Crippen LogP contribution is -2.55. The smallest absolute Gasteiger partial charge is 0.315 e. The quantitative estimate of drug-likeness (QED) is 0.887. The third kappa shape index (κ3) is 3.09. The van der Waals surface area contributed by atoms with E-state index in [0.29, 0.717) is 6.42 Å². The summed E-state index contributed by atoms with van der Waals surface area (Å²) in [6.45, 7) is 0. The van der Waals surface area contributed by atoms with Crippen LogP contribution in [0, 0.1) is 5.82 Å². The lowest BCUT2D eigenvalue weighted by Gasteiger charge is -2.43. The van der Waals surface area contributed by atoms with Gasteiger partial charge in [0.15, 0.2) is 9.84 Å². The Morgan fingerprint density at radius 1 is 1.23 bits per heavy atom. The lowest BCUT2D eigenvalue weighted by molar-refractivity contribution is 0.175. The van der Waals surface area contributed by atoms with Gasteiger partial charge in [0.2, 0.25) is 0 Å². The minimum absolute atomic E-state index is 0.00394. The van der Waals surface area contributed by atoms with Crippen molar-refractivity contribution in [3.8, 4) is 0 Å². The normalized spacial score (nSPS) is 25.2. The molecule has 1 saturated carbocycles. The molecular weight excluding hydrogens is 307 g/mol. The summed E-state index contributed by atoms with van der Waals surface area (Å²) in [5.41, 5.74) is 0.421. The minimum atomic E-state index is -3.02. The van der Waals surface area contributed by atoms with E-state index in [9.17, 15) is 17.6 Å². The number of nitrogens with one attached hydrogen (secondary N) is 2. The van der Waals surface area contributed by atoms with Crippen LogP contribution >= 0.6 is 0 Å².